The van der Waals surface area contributed by atoms with Crippen molar-refractivity contribution in [3.05, 3.63) is 58.6 Å². The van der Waals surface area contributed by atoms with Gasteiger partial charge in [-0.1, -0.05) is 41.9 Å². The monoisotopic (exact) mass is 420 g/mol. The van der Waals surface area contributed by atoms with Crippen molar-refractivity contribution in [3.63, 3.8) is 0 Å². The zero-order valence-electron chi connectivity index (χ0n) is 14.2. The molecule has 0 radical (unpaired) electrons. The average Bonchev–Trinajstić information content (AvgIpc) is 2.54. The molecular weight excluding hydrogens is 400 g/mol. The van der Waals surface area contributed by atoms with Gasteiger partial charge in [0, 0.05) is 15.7 Å². The molecule has 2 N–H and O–H groups in total. The van der Waals surface area contributed by atoms with Gasteiger partial charge in [0.05, 0.1) is 6.61 Å². The minimum atomic E-state index is -0.276. The molecule has 0 aliphatic rings. The van der Waals surface area contributed by atoms with Crippen molar-refractivity contribution in [2.24, 2.45) is 5.92 Å². The summed E-state index contributed by atoms with van der Waals surface area (Å²) in [6.45, 7) is 4.92. The molecule has 132 valence electrons. The maximum atomic E-state index is 12.3. The van der Waals surface area contributed by atoms with Crippen LogP contribution in [0, 0.1) is 5.92 Å². The summed E-state index contributed by atoms with van der Waals surface area (Å²) in [6, 6.07) is 14.6. The molecule has 0 bridgehead atoms. The summed E-state index contributed by atoms with van der Waals surface area (Å²) in [7, 11) is 0. The molecule has 0 saturated heterocycles. The Balaban J connectivity index is 1.92. The fraction of sp³-hybridized carbons (Fsp3) is 0.263. The van der Waals surface area contributed by atoms with Crippen LogP contribution in [-0.4, -0.2) is 17.6 Å². The summed E-state index contributed by atoms with van der Waals surface area (Å²) in [4.78, 5) is 12.3. The van der Waals surface area contributed by atoms with Crippen molar-refractivity contribution in [1.29, 1.82) is 0 Å². The number of anilines is 1. The second-order valence-electron chi connectivity index (χ2n) is 5.98. The van der Waals surface area contributed by atoms with E-state index in [1.165, 1.54) is 0 Å². The Kier molecular flexibility index (Phi) is 7.40. The van der Waals surface area contributed by atoms with Crippen molar-refractivity contribution in [3.8, 4) is 5.75 Å². The van der Waals surface area contributed by atoms with Crippen molar-refractivity contribution >= 4 is 44.9 Å². The van der Waals surface area contributed by atoms with Crippen molar-refractivity contribution in [2.75, 3.05) is 11.9 Å². The topological polar surface area (TPSA) is 50.4 Å². The van der Waals surface area contributed by atoms with Crippen LogP contribution in [0.3, 0.4) is 0 Å². The van der Waals surface area contributed by atoms with Gasteiger partial charge in [-0.2, -0.15) is 0 Å². The highest BCUT2D eigenvalue weighted by Crippen LogP contribution is 2.16. The normalized spacial score (nSPS) is 10.4. The van der Waals surface area contributed by atoms with Gasteiger partial charge in [0.2, 0.25) is 0 Å². The Bertz CT molecular complexity index is 750. The molecule has 0 spiro atoms. The molecule has 6 heteroatoms. The van der Waals surface area contributed by atoms with Gasteiger partial charge in [-0.25, -0.2) is 0 Å². The highest BCUT2D eigenvalue weighted by molar-refractivity contribution is 9.10. The standard InChI is InChI=1S/C19H21BrN2O2S/c1-13(2)9-10-24-17-8-3-5-14(11-17)18(23)22-19(25)21-16-7-4-6-15(20)12-16/h3-8,11-13H,9-10H2,1-2H3,(H2,21,22,23,25). The van der Waals surface area contributed by atoms with E-state index >= 15 is 0 Å². The highest BCUT2D eigenvalue weighted by Gasteiger charge is 2.09. The predicted octanol–water partition coefficient (Wildman–Crippen LogP) is 5.00. The van der Waals surface area contributed by atoms with Crippen molar-refractivity contribution < 1.29 is 9.53 Å². The van der Waals surface area contributed by atoms with Gasteiger partial charge in [0.25, 0.3) is 5.91 Å². The molecule has 2 rings (SSSR count). The first-order valence-electron chi connectivity index (χ1n) is 8.05. The fourth-order valence-electron chi connectivity index (χ4n) is 2.04. The average molecular weight is 421 g/mol. The molecule has 0 saturated carbocycles. The predicted molar refractivity (Wildman–Crippen MR) is 109 cm³/mol. The highest BCUT2D eigenvalue weighted by atomic mass is 79.9. The Morgan fingerprint density at radius 1 is 1.20 bits per heavy atom. The van der Waals surface area contributed by atoms with Crippen LogP contribution in [0.25, 0.3) is 0 Å². The molecule has 0 aliphatic carbocycles. The molecule has 0 unspecified atom stereocenters. The lowest BCUT2D eigenvalue weighted by molar-refractivity contribution is 0.0977. The minimum Gasteiger partial charge on any atom is -0.494 e. The second kappa shape index (κ2) is 9.53. The zero-order chi connectivity index (χ0) is 18.2. The van der Waals surface area contributed by atoms with Gasteiger partial charge < -0.3 is 10.1 Å². The van der Waals surface area contributed by atoms with Crippen molar-refractivity contribution in [2.45, 2.75) is 20.3 Å². The molecule has 0 heterocycles. The number of amides is 1. The smallest absolute Gasteiger partial charge is 0.257 e. The third-order valence-electron chi connectivity index (χ3n) is 3.37. The lowest BCUT2D eigenvalue weighted by atomic mass is 10.1. The molecule has 25 heavy (non-hydrogen) atoms. The van der Waals surface area contributed by atoms with Gasteiger partial charge in [0.1, 0.15) is 5.75 Å². The Morgan fingerprint density at radius 3 is 2.68 bits per heavy atom. The van der Waals surface area contributed by atoms with Crippen LogP contribution in [0.4, 0.5) is 5.69 Å². The number of ether oxygens (including phenoxy) is 1. The quantitative estimate of drug-likeness (QED) is 0.645. The third kappa shape index (κ3) is 6.84. The van der Waals surface area contributed by atoms with Gasteiger partial charge in [0.15, 0.2) is 5.11 Å². The summed E-state index contributed by atoms with van der Waals surface area (Å²) < 4.78 is 6.62. The first-order chi connectivity index (χ1) is 11.9. The number of nitrogens with one attached hydrogen (secondary N) is 2. The second-order valence-corrected chi connectivity index (χ2v) is 7.30. The van der Waals surface area contributed by atoms with Gasteiger partial charge in [-0.05, 0) is 61.0 Å². The number of thiocarbonyl (C=S) groups is 1. The largest absolute Gasteiger partial charge is 0.494 e. The molecule has 0 atom stereocenters. The summed E-state index contributed by atoms with van der Waals surface area (Å²) in [6.07, 6.45) is 0.969. The van der Waals surface area contributed by atoms with Crippen LogP contribution in [-0.2, 0) is 0 Å². The number of carbonyl (C=O) groups is 1. The molecule has 0 fully saturated rings. The molecule has 2 aromatic rings. The maximum Gasteiger partial charge on any atom is 0.257 e. The molecule has 0 aromatic heterocycles. The van der Waals surface area contributed by atoms with Crippen LogP contribution in [0.5, 0.6) is 5.75 Å². The number of halogens is 1. The van der Waals surface area contributed by atoms with E-state index in [0.717, 1.165) is 16.6 Å². The maximum absolute atomic E-state index is 12.3. The van der Waals surface area contributed by atoms with Crippen LogP contribution in [0.15, 0.2) is 53.0 Å². The Morgan fingerprint density at radius 2 is 1.96 bits per heavy atom. The first-order valence-corrected chi connectivity index (χ1v) is 9.25. The van der Waals surface area contributed by atoms with E-state index < -0.39 is 0 Å². The van der Waals surface area contributed by atoms with E-state index in [1.54, 1.807) is 18.2 Å². The van der Waals surface area contributed by atoms with E-state index in [0.29, 0.717) is 23.8 Å². The van der Waals surface area contributed by atoms with Crippen LogP contribution in [0.1, 0.15) is 30.6 Å². The summed E-state index contributed by atoms with van der Waals surface area (Å²) >= 11 is 8.59. The Labute approximate surface area is 162 Å². The van der Waals surface area contributed by atoms with Gasteiger partial charge in [-0.3, -0.25) is 10.1 Å². The molecule has 0 aliphatic heterocycles. The summed E-state index contributed by atoms with van der Waals surface area (Å²) in [5, 5.41) is 5.90. The molecule has 2 aromatic carbocycles. The molecular formula is C19H21BrN2O2S. The van der Waals surface area contributed by atoms with Crippen LogP contribution >= 0.6 is 28.1 Å². The molecule has 4 nitrogen and oxygen atoms in total. The van der Waals surface area contributed by atoms with Gasteiger partial charge >= 0.3 is 0 Å². The van der Waals surface area contributed by atoms with Gasteiger partial charge in [-0.15, -0.1) is 0 Å². The number of rotatable bonds is 6. The molecule has 1 amide bonds. The van der Waals surface area contributed by atoms with Crippen molar-refractivity contribution in [1.82, 2.24) is 5.32 Å². The SMILES string of the molecule is CC(C)CCOc1cccc(C(=O)NC(=S)Nc2cccc(Br)c2)c1. The Hall–Kier alpha value is -1.92. The number of benzene rings is 2. The lowest BCUT2D eigenvalue weighted by Crippen LogP contribution is -2.34. The first kappa shape index (κ1) is 19.4. The number of hydrogen-bond acceptors (Lipinski definition) is 3. The minimum absolute atomic E-state index is 0.245. The van der Waals surface area contributed by atoms with E-state index in [1.807, 2.05) is 30.3 Å². The third-order valence-corrected chi connectivity index (χ3v) is 4.07. The van der Waals surface area contributed by atoms with Crippen LogP contribution in [0.2, 0.25) is 0 Å². The number of carbonyl (C=O) groups excluding carboxylic acids is 1. The summed E-state index contributed by atoms with van der Waals surface area (Å²) in [5.74, 6) is 0.980. The van der Waals surface area contributed by atoms with E-state index in [2.05, 4.69) is 40.4 Å². The zero-order valence-corrected chi connectivity index (χ0v) is 16.6. The van der Waals surface area contributed by atoms with E-state index in [9.17, 15) is 4.79 Å². The van der Waals surface area contributed by atoms with E-state index in [-0.39, 0.29) is 11.0 Å². The lowest BCUT2D eigenvalue weighted by Gasteiger charge is -2.11. The van der Waals surface area contributed by atoms with Crippen LogP contribution < -0.4 is 15.4 Å². The van der Waals surface area contributed by atoms with E-state index in [4.69, 9.17) is 17.0 Å². The fourth-order valence-corrected chi connectivity index (χ4v) is 2.65. The summed E-state index contributed by atoms with van der Waals surface area (Å²) in [5.41, 5.74) is 1.30. The number of hydrogen-bond donors (Lipinski definition) is 2.